The van der Waals surface area contributed by atoms with Crippen molar-refractivity contribution in [3.63, 3.8) is 0 Å². The number of carbonyl (C=O) groups excluding carboxylic acids is 1. The van der Waals surface area contributed by atoms with Crippen LogP contribution in [0.5, 0.6) is 0 Å². The summed E-state index contributed by atoms with van der Waals surface area (Å²) in [5.41, 5.74) is 1.39. The van der Waals surface area contributed by atoms with Gasteiger partial charge in [0, 0.05) is 6.26 Å². The first-order chi connectivity index (χ1) is 10.2. The molecule has 0 unspecified atom stereocenters. The van der Waals surface area contributed by atoms with Crippen molar-refractivity contribution in [2.45, 2.75) is 24.8 Å². The number of benzene rings is 1. The molecular weight excluding hydrogens is 325 g/mol. The van der Waals surface area contributed by atoms with E-state index in [1.807, 2.05) is 18.4 Å². The van der Waals surface area contributed by atoms with Gasteiger partial charge in [0.1, 0.15) is 10.7 Å². The molecule has 7 heteroatoms. The summed E-state index contributed by atoms with van der Waals surface area (Å²) in [6.45, 7) is 3.56. The molecule has 22 heavy (non-hydrogen) atoms. The minimum Gasteiger partial charge on any atom is -0.345 e. The van der Waals surface area contributed by atoms with Crippen LogP contribution in [0.25, 0.3) is 0 Å². The smallest absolute Gasteiger partial charge is 0.262 e. The lowest BCUT2D eigenvalue weighted by Crippen LogP contribution is -2.26. The van der Waals surface area contributed by atoms with Crippen molar-refractivity contribution in [3.05, 3.63) is 51.5 Å². The Morgan fingerprint density at radius 2 is 2.00 bits per heavy atom. The summed E-state index contributed by atoms with van der Waals surface area (Å²) in [5.74, 6) is -1.04. The topological polar surface area (TPSA) is 63.2 Å². The van der Waals surface area contributed by atoms with Gasteiger partial charge in [0.15, 0.2) is 9.84 Å². The molecule has 1 aromatic carbocycles. The molecule has 2 aromatic rings. The molecular formula is C15H16FNO3S2. The van der Waals surface area contributed by atoms with E-state index in [1.54, 1.807) is 6.92 Å². The largest absolute Gasteiger partial charge is 0.345 e. The molecule has 1 amide bonds. The number of aryl methyl sites for hydroxylation is 1. The van der Waals surface area contributed by atoms with Crippen LogP contribution in [0.3, 0.4) is 0 Å². The minimum absolute atomic E-state index is 0.229. The Hall–Kier alpha value is -1.73. The molecule has 0 radical (unpaired) electrons. The second kappa shape index (κ2) is 6.18. The van der Waals surface area contributed by atoms with Crippen LogP contribution >= 0.6 is 11.3 Å². The van der Waals surface area contributed by atoms with E-state index in [0.29, 0.717) is 10.4 Å². The highest BCUT2D eigenvalue weighted by Crippen LogP contribution is 2.22. The lowest BCUT2D eigenvalue weighted by Gasteiger charge is -2.15. The standard InChI is InChI=1S/C15H16FNO3S2/c1-9-6-7-21-14(9)15(18)17-10(2)11-4-5-13(12(16)8-11)22(3,19)20/h4-8,10H,1-3H3,(H,17,18)/t10-/m1/s1. The van der Waals surface area contributed by atoms with Crippen molar-refractivity contribution < 1.29 is 17.6 Å². The van der Waals surface area contributed by atoms with Gasteiger partial charge in [0.05, 0.1) is 10.9 Å². The Balaban J connectivity index is 2.20. The van der Waals surface area contributed by atoms with Gasteiger partial charge in [-0.1, -0.05) is 6.07 Å². The minimum atomic E-state index is -3.60. The monoisotopic (exact) mass is 341 g/mol. The summed E-state index contributed by atoms with van der Waals surface area (Å²) >= 11 is 1.34. The van der Waals surface area contributed by atoms with Crippen LogP contribution in [-0.4, -0.2) is 20.6 Å². The predicted molar refractivity (Wildman–Crippen MR) is 84.4 cm³/mol. The molecule has 1 atom stereocenters. The lowest BCUT2D eigenvalue weighted by molar-refractivity contribution is 0.0943. The fraction of sp³-hybridized carbons (Fsp3) is 0.267. The second-order valence-corrected chi connectivity index (χ2v) is 7.99. The van der Waals surface area contributed by atoms with E-state index in [2.05, 4.69) is 5.32 Å². The van der Waals surface area contributed by atoms with Gasteiger partial charge in [0.2, 0.25) is 0 Å². The summed E-state index contributed by atoms with van der Waals surface area (Å²) in [5, 5.41) is 4.61. The number of carbonyl (C=O) groups is 1. The number of hydrogen-bond acceptors (Lipinski definition) is 4. The molecule has 0 saturated carbocycles. The maximum atomic E-state index is 13.9. The molecule has 0 spiro atoms. The Bertz CT molecular complexity index is 812. The summed E-state index contributed by atoms with van der Waals surface area (Å²) in [6, 6.07) is 5.29. The van der Waals surface area contributed by atoms with Gasteiger partial charge < -0.3 is 5.32 Å². The second-order valence-electron chi connectivity index (χ2n) is 5.09. The van der Waals surface area contributed by atoms with Crippen LogP contribution < -0.4 is 5.32 Å². The number of halogens is 1. The molecule has 0 fully saturated rings. The van der Waals surface area contributed by atoms with E-state index in [-0.39, 0.29) is 10.8 Å². The Labute approximate surface area is 132 Å². The Morgan fingerprint density at radius 3 is 2.50 bits per heavy atom. The Kier molecular flexibility index (Phi) is 4.67. The SMILES string of the molecule is Cc1ccsc1C(=O)N[C@H](C)c1ccc(S(C)(=O)=O)c(F)c1. The molecule has 0 aliphatic heterocycles. The van der Waals surface area contributed by atoms with E-state index in [1.165, 1.54) is 23.5 Å². The first kappa shape index (κ1) is 16.6. The van der Waals surface area contributed by atoms with E-state index in [0.717, 1.165) is 17.9 Å². The molecule has 4 nitrogen and oxygen atoms in total. The number of amides is 1. The highest BCUT2D eigenvalue weighted by Gasteiger charge is 2.18. The summed E-state index contributed by atoms with van der Waals surface area (Å²) in [7, 11) is -3.60. The van der Waals surface area contributed by atoms with Gasteiger partial charge in [-0.2, -0.15) is 0 Å². The zero-order chi connectivity index (χ0) is 16.5. The zero-order valence-electron chi connectivity index (χ0n) is 12.4. The maximum Gasteiger partial charge on any atom is 0.262 e. The van der Waals surface area contributed by atoms with Crippen LogP contribution in [0, 0.1) is 12.7 Å². The first-order valence-electron chi connectivity index (χ1n) is 6.54. The number of hydrogen-bond donors (Lipinski definition) is 1. The van der Waals surface area contributed by atoms with E-state index >= 15 is 0 Å². The van der Waals surface area contributed by atoms with Crippen LogP contribution in [-0.2, 0) is 9.84 Å². The summed E-state index contributed by atoms with van der Waals surface area (Å²) in [6.07, 6.45) is 0.954. The molecule has 0 bridgehead atoms. The van der Waals surface area contributed by atoms with Crippen molar-refractivity contribution in [3.8, 4) is 0 Å². The summed E-state index contributed by atoms with van der Waals surface area (Å²) in [4.78, 5) is 12.4. The van der Waals surface area contributed by atoms with Gasteiger partial charge in [0.25, 0.3) is 5.91 Å². The zero-order valence-corrected chi connectivity index (χ0v) is 14.0. The van der Waals surface area contributed by atoms with Crippen molar-refractivity contribution in [2.75, 3.05) is 6.26 Å². The fourth-order valence-corrected chi connectivity index (χ4v) is 3.59. The van der Waals surface area contributed by atoms with Gasteiger partial charge in [-0.3, -0.25) is 4.79 Å². The molecule has 118 valence electrons. The van der Waals surface area contributed by atoms with Crippen LogP contribution in [0.15, 0.2) is 34.5 Å². The van der Waals surface area contributed by atoms with E-state index in [9.17, 15) is 17.6 Å². The third kappa shape index (κ3) is 3.53. The number of sulfone groups is 1. The predicted octanol–water partition coefficient (Wildman–Crippen LogP) is 3.09. The molecule has 1 aromatic heterocycles. The van der Waals surface area contributed by atoms with E-state index in [4.69, 9.17) is 0 Å². The maximum absolute atomic E-state index is 13.9. The quantitative estimate of drug-likeness (QED) is 0.929. The van der Waals surface area contributed by atoms with Crippen molar-refractivity contribution in [1.29, 1.82) is 0 Å². The molecule has 2 rings (SSSR count). The molecule has 1 heterocycles. The van der Waals surface area contributed by atoms with Gasteiger partial charge in [-0.25, -0.2) is 12.8 Å². The normalized spacial score (nSPS) is 12.9. The molecule has 0 aliphatic rings. The summed E-state index contributed by atoms with van der Waals surface area (Å²) < 4.78 is 36.7. The molecule has 0 aliphatic carbocycles. The highest BCUT2D eigenvalue weighted by molar-refractivity contribution is 7.90. The molecule has 0 saturated heterocycles. The fourth-order valence-electron chi connectivity index (χ4n) is 2.04. The number of nitrogens with one attached hydrogen (secondary N) is 1. The molecule has 1 N–H and O–H groups in total. The van der Waals surface area contributed by atoms with Crippen LogP contribution in [0.2, 0.25) is 0 Å². The van der Waals surface area contributed by atoms with Gasteiger partial charge >= 0.3 is 0 Å². The van der Waals surface area contributed by atoms with E-state index < -0.39 is 21.7 Å². The van der Waals surface area contributed by atoms with Gasteiger partial charge in [-0.15, -0.1) is 11.3 Å². The van der Waals surface area contributed by atoms with Crippen LogP contribution in [0.4, 0.5) is 4.39 Å². The number of thiophene rings is 1. The first-order valence-corrected chi connectivity index (χ1v) is 9.31. The highest BCUT2D eigenvalue weighted by atomic mass is 32.2. The van der Waals surface area contributed by atoms with Crippen molar-refractivity contribution in [2.24, 2.45) is 0 Å². The number of rotatable bonds is 4. The lowest BCUT2D eigenvalue weighted by atomic mass is 10.1. The average molecular weight is 341 g/mol. The van der Waals surface area contributed by atoms with Gasteiger partial charge in [-0.05, 0) is 48.6 Å². The van der Waals surface area contributed by atoms with Crippen molar-refractivity contribution in [1.82, 2.24) is 5.32 Å². The van der Waals surface area contributed by atoms with Crippen LogP contribution in [0.1, 0.15) is 33.8 Å². The third-order valence-corrected chi connectivity index (χ3v) is 5.42. The van der Waals surface area contributed by atoms with Crippen molar-refractivity contribution >= 4 is 27.1 Å². The Morgan fingerprint density at radius 1 is 1.32 bits per heavy atom. The third-order valence-electron chi connectivity index (χ3n) is 3.27. The average Bonchev–Trinajstić information content (AvgIpc) is 2.83.